The number of halogens is 2. The van der Waals surface area contributed by atoms with Gasteiger partial charge in [0.2, 0.25) is 0 Å². The van der Waals surface area contributed by atoms with Gasteiger partial charge in [-0.05, 0) is 48.9 Å². The molecule has 1 aliphatic heterocycles. The van der Waals surface area contributed by atoms with Crippen LogP contribution in [0, 0.1) is 12.7 Å². The number of aromatic nitrogens is 2. The second kappa shape index (κ2) is 7.91. The molecule has 1 aliphatic rings. The van der Waals surface area contributed by atoms with Gasteiger partial charge in [-0.25, -0.2) is 9.18 Å². The summed E-state index contributed by atoms with van der Waals surface area (Å²) in [6.07, 6.45) is 1.73. The number of morpholine rings is 1. The van der Waals surface area contributed by atoms with Crippen LogP contribution < -0.4 is 5.69 Å². The van der Waals surface area contributed by atoms with Gasteiger partial charge >= 0.3 is 5.69 Å². The van der Waals surface area contributed by atoms with Crippen LogP contribution in [0.3, 0.4) is 0 Å². The Kier molecular flexibility index (Phi) is 5.35. The highest BCUT2D eigenvalue weighted by molar-refractivity contribution is 6.30. The largest absolute Gasteiger partial charge is 0.371 e. The van der Waals surface area contributed by atoms with Crippen molar-refractivity contribution in [1.82, 2.24) is 14.0 Å². The molecule has 7 heteroatoms. The lowest BCUT2D eigenvalue weighted by atomic mass is 10.1. The maximum Gasteiger partial charge on any atom is 0.334 e. The van der Waals surface area contributed by atoms with Crippen molar-refractivity contribution in [3.8, 4) is 5.69 Å². The summed E-state index contributed by atoms with van der Waals surface area (Å²) in [5.41, 5.74) is 2.49. The molecule has 1 fully saturated rings. The number of nitrogens with zero attached hydrogens (tertiary/aromatic N) is 3. The fraction of sp³-hybridized carbons (Fsp3) is 0.286. The normalized spacial score (nSPS) is 17.8. The third-order valence-corrected chi connectivity index (χ3v) is 5.21. The molecule has 1 aromatic heterocycles. The van der Waals surface area contributed by atoms with E-state index < -0.39 is 0 Å². The molecule has 0 aliphatic carbocycles. The summed E-state index contributed by atoms with van der Waals surface area (Å²) in [4.78, 5) is 15.1. The first-order valence-corrected chi connectivity index (χ1v) is 9.53. The van der Waals surface area contributed by atoms with Crippen LogP contribution in [-0.2, 0) is 11.4 Å². The van der Waals surface area contributed by atoms with E-state index in [1.54, 1.807) is 33.4 Å². The van der Waals surface area contributed by atoms with Crippen LogP contribution in [0.1, 0.15) is 17.4 Å². The Labute approximate surface area is 167 Å². The third kappa shape index (κ3) is 3.90. The van der Waals surface area contributed by atoms with Crippen molar-refractivity contribution in [2.24, 2.45) is 0 Å². The fourth-order valence-electron chi connectivity index (χ4n) is 3.55. The smallest absolute Gasteiger partial charge is 0.334 e. The van der Waals surface area contributed by atoms with Crippen LogP contribution in [0.5, 0.6) is 0 Å². The molecule has 3 aromatic rings. The Bertz CT molecular complexity index is 1010. The minimum atomic E-state index is -0.262. The number of hydrogen-bond acceptors (Lipinski definition) is 3. The first-order chi connectivity index (χ1) is 13.5. The SMILES string of the molecule is Cc1cn(CN2CCOC(c3ccc(F)cc3)C2)c(=O)n1-c1ccc(Cl)cc1. The second-order valence-corrected chi connectivity index (χ2v) is 7.40. The highest BCUT2D eigenvalue weighted by atomic mass is 35.5. The van der Waals surface area contributed by atoms with Crippen LogP contribution in [0.2, 0.25) is 5.02 Å². The molecule has 2 heterocycles. The number of aryl methyl sites for hydroxylation is 1. The molecule has 0 bridgehead atoms. The van der Waals surface area contributed by atoms with Gasteiger partial charge in [-0.15, -0.1) is 0 Å². The van der Waals surface area contributed by atoms with Gasteiger partial charge in [-0.1, -0.05) is 23.7 Å². The maximum atomic E-state index is 13.2. The number of rotatable bonds is 4. The minimum absolute atomic E-state index is 0.0929. The average molecular weight is 402 g/mol. The Balaban J connectivity index is 1.52. The summed E-state index contributed by atoms with van der Waals surface area (Å²) in [6, 6.07) is 13.6. The molecule has 0 radical (unpaired) electrons. The van der Waals surface area contributed by atoms with E-state index in [0.29, 0.717) is 24.8 Å². The monoisotopic (exact) mass is 401 g/mol. The van der Waals surface area contributed by atoms with Crippen LogP contribution in [-0.4, -0.2) is 33.7 Å². The predicted molar refractivity (Wildman–Crippen MR) is 106 cm³/mol. The van der Waals surface area contributed by atoms with Gasteiger partial charge in [0.1, 0.15) is 5.82 Å². The van der Waals surface area contributed by atoms with Crippen molar-refractivity contribution in [3.05, 3.63) is 87.3 Å². The van der Waals surface area contributed by atoms with Crippen LogP contribution in [0.25, 0.3) is 5.69 Å². The van der Waals surface area contributed by atoms with E-state index in [1.807, 2.05) is 25.3 Å². The lowest BCUT2D eigenvalue weighted by Crippen LogP contribution is -2.41. The van der Waals surface area contributed by atoms with Crippen molar-refractivity contribution < 1.29 is 9.13 Å². The number of imidazole rings is 1. The summed E-state index contributed by atoms with van der Waals surface area (Å²) < 4.78 is 22.4. The van der Waals surface area contributed by atoms with Gasteiger partial charge in [0, 0.05) is 30.0 Å². The summed E-state index contributed by atoms with van der Waals surface area (Å²) in [5, 5.41) is 0.633. The number of benzene rings is 2. The van der Waals surface area contributed by atoms with Crippen LogP contribution in [0.4, 0.5) is 4.39 Å². The Morgan fingerprint density at radius 1 is 1.14 bits per heavy atom. The van der Waals surface area contributed by atoms with Crippen molar-refractivity contribution >= 4 is 11.6 Å². The van der Waals surface area contributed by atoms with Crippen molar-refractivity contribution in [3.63, 3.8) is 0 Å². The third-order valence-electron chi connectivity index (χ3n) is 4.96. The van der Waals surface area contributed by atoms with Crippen molar-refractivity contribution in [1.29, 1.82) is 0 Å². The molecule has 1 atom stereocenters. The molecule has 28 heavy (non-hydrogen) atoms. The first kappa shape index (κ1) is 18.9. The highest BCUT2D eigenvalue weighted by Gasteiger charge is 2.23. The van der Waals surface area contributed by atoms with E-state index in [-0.39, 0.29) is 17.6 Å². The lowest BCUT2D eigenvalue weighted by Gasteiger charge is -2.33. The number of ether oxygens (including phenoxy) is 1. The molecule has 0 N–H and O–H groups in total. The van der Waals surface area contributed by atoms with Crippen LogP contribution in [0.15, 0.2) is 59.5 Å². The summed E-state index contributed by atoms with van der Waals surface area (Å²) in [6.45, 7) is 4.32. The topological polar surface area (TPSA) is 39.4 Å². The van der Waals surface area contributed by atoms with Gasteiger partial charge < -0.3 is 4.74 Å². The van der Waals surface area contributed by atoms with Gasteiger partial charge in [0.05, 0.1) is 25.1 Å². The van der Waals surface area contributed by atoms with Gasteiger partial charge in [0.15, 0.2) is 0 Å². The molecule has 2 aromatic carbocycles. The average Bonchev–Trinajstić information content (AvgIpc) is 2.97. The second-order valence-electron chi connectivity index (χ2n) is 6.96. The molecule has 0 spiro atoms. The first-order valence-electron chi connectivity index (χ1n) is 9.15. The van der Waals surface area contributed by atoms with E-state index >= 15 is 0 Å². The summed E-state index contributed by atoms with van der Waals surface area (Å²) in [7, 11) is 0. The zero-order valence-corrected chi connectivity index (χ0v) is 16.3. The van der Waals surface area contributed by atoms with E-state index in [2.05, 4.69) is 4.90 Å². The molecule has 5 nitrogen and oxygen atoms in total. The molecule has 0 amide bonds. The number of hydrogen-bond donors (Lipinski definition) is 0. The standard InChI is InChI=1S/C21H21ClFN3O2/c1-15-12-25(21(27)26(15)19-8-4-17(22)5-9-19)14-24-10-11-28-20(13-24)16-2-6-18(23)7-3-16/h2-9,12,20H,10-11,13-14H2,1H3. The lowest BCUT2D eigenvalue weighted by molar-refractivity contribution is -0.0407. The molecule has 4 rings (SSSR count). The molecule has 0 saturated carbocycles. The Morgan fingerprint density at radius 3 is 2.57 bits per heavy atom. The molecule has 1 unspecified atom stereocenters. The zero-order chi connectivity index (χ0) is 19.7. The quantitative estimate of drug-likeness (QED) is 0.668. The van der Waals surface area contributed by atoms with Crippen LogP contribution >= 0.6 is 11.6 Å². The van der Waals surface area contributed by atoms with E-state index in [1.165, 1.54) is 12.1 Å². The van der Waals surface area contributed by atoms with Crippen molar-refractivity contribution in [2.75, 3.05) is 19.7 Å². The summed E-state index contributed by atoms with van der Waals surface area (Å²) in [5.74, 6) is -0.262. The minimum Gasteiger partial charge on any atom is -0.371 e. The molecule has 1 saturated heterocycles. The Morgan fingerprint density at radius 2 is 1.86 bits per heavy atom. The van der Waals surface area contributed by atoms with E-state index in [0.717, 1.165) is 23.5 Å². The van der Waals surface area contributed by atoms with Crippen molar-refractivity contribution in [2.45, 2.75) is 19.7 Å². The summed E-state index contributed by atoms with van der Waals surface area (Å²) >= 11 is 5.95. The van der Waals surface area contributed by atoms with Gasteiger partial charge in [-0.3, -0.25) is 14.0 Å². The zero-order valence-electron chi connectivity index (χ0n) is 15.5. The Hall–Kier alpha value is -2.41. The van der Waals surface area contributed by atoms with E-state index in [9.17, 15) is 9.18 Å². The fourth-order valence-corrected chi connectivity index (χ4v) is 3.67. The van der Waals surface area contributed by atoms with Gasteiger partial charge in [-0.2, -0.15) is 0 Å². The van der Waals surface area contributed by atoms with Gasteiger partial charge in [0.25, 0.3) is 0 Å². The predicted octanol–water partition coefficient (Wildman–Crippen LogP) is 3.77. The molecular weight excluding hydrogens is 381 g/mol. The highest BCUT2D eigenvalue weighted by Crippen LogP contribution is 2.23. The molecular formula is C21H21ClFN3O2. The molecule has 146 valence electrons. The van der Waals surface area contributed by atoms with E-state index in [4.69, 9.17) is 16.3 Å². The maximum absolute atomic E-state index is 13.2.